The van der Waals surface area contributed by atoms with E-state index < -0.39 is 0 Å². The van der Waals surface area contributed by atoms with Crippen LogP contribution in [0.15, 0.2) is 58.1 Å². The molecular formula is C20H20N4O4. The number of aromatic nitrogens is 2. The van der Waals surface area contributed by atoms with Gasteiger partial charge in [-0.1, -0.05) is 24.3 Å². The Morgan fingerprint density at radius 1 is 1.00 bits per heavy atom. The molecule has 0 spiro atoms. The van der Waals surface area contributed by atoms with E-state index in [9.17, 15) is 19.2 Å². The van der Waals surface area contributed by atoms with E-state index in [4.69, 9.17) is 0 Å². The number of carbonyl (C=O) groups excluding carboxylic acids is 2. The summed E-state index contributed by atoms with van der Waals surface area (Å²) in [6, 6.07) is 13.4. The summed E-state index contributed by atoms with van der Waals surface area (Å²) in [7, 11) is 1.56. The zero-order valence-corrected chi connectivity index (χ0v) is 15.3. The van der Waals surface area contributed by atoms with Crippen LogP contribution in [0, 0.1) is 0 Å². The molecule has 2 aromatic carbocycles. The summed E-state index contributed by atoms with van der Waals surface area (Å²) in [5.74, 6) is -0.429. The number of aromatic amines is 1. The highest BCUT2D eigenvalue weighted by molar-refractivity contribution is 5.93. The highest BCUT2D eigenvalue weighted by Gasteiger charge is 2.09. The van der Waals surface area contributed by atoms with Crippen LogP contribution >= 0.6 is 0 Å². The summed E-state index contributed by atoms with van der Waals surface area (Å²) in [6.45, 7) is 0.371. The second-order valence-electron chi connectivity index (χ2n) is 6.25. The van der Waals surface area contributed by atoms with Crippen LogP contribution in [0.5, 0.6) is 0 Å². The molecule has 1 aromatic heterocycles. The maximum absolute atomic E-state index is 12.4. The van der Waals surface area contributed by atoms with Crippen molar-refractivity contribution in [3.05, 3.63) is 80.4 Å². The van der Waals surface area contributed by atoms with Crippen LogP contribution in [0.25, 0.3) is 10.8 Å². The number of H-pyrrole nitrogens is 1. The third-order valence-corrected chi connectivity index (χ3v) is 4.38. The summed E-state index contributed by atoms with van der Waals surface area (Å²) < 4.78 is 1.16. The van der Waals surface area contributed by atoms with Crippen LogP contribution in [0.2, 0.25) is 0 Å². The van der Waals surface area contributed by atoms with E-state index >= 15 is 0 Å². The zero-order valence-electron chi connectivity index (χ0n) is 15.3. The van der Waals surface area contributed by atoms with E-state index in [0.717, 1.165) is 10.2 Å². The average molecular weight is 380 g/mol. The maximum atomic E-state index is 12.4. The Kier molecular flexibility index (Phi) is 5.69. The molecule has 3 rings (SSSR count). The number of amides is 2. The SMILES string of the molecule is CNC(=O)c1ccc(CNC(=O)CCn2[nH]c(=O)c3ccccc3c2=O)cc1. The number of fused-ring (bicyclic) bond motifs is 1. The van der Waals surface area contributed by atoms with Crippen LogP contribution in [0.3, 0.4) is 0 Å². The van der Waals surface area contributed by atoms with Gasteiger partial charge in [-0.05, 0) is 29.8 Å². The lowest BCUT2D eigenvalue weighted by Crippen LogP contribution is -2.32. The molecule has 0 aliphatic rings. The molecule has 1 heterocycles. The number of rotatable bonds is 6. The Hall–Kier alpha value is -3.68. The molecule has 144 valence electrons. The van der Waals surface area contributed by atoms with Gasteiger partial charge in [0.2, 0.25) is 5.91 Å². The van der Waals surface area contributed by atoms with Crippen molar-refractivity contribution in [2.24, 2.45) is 0 Å². The molecular weight excluding hydrogens is 360 g/mol. The summed E-state index contributed by atoms with van der Waals surface area (Å²) in [5, 5.41) is 8.45. The summed E-state index contributed by atoms with van der Waals surface area (Å²) in [5.41, 5.74) is 0.675. The van der Waals surface area contributed by atoms with E-state index in [0.29, 0.717) is 22.9 Å². The fourth-order valence-electron chi connectivity index (χ4n) is 2.82. The van der Waals surface area contributed by atoms with Crippen molar-refractivity contribution >= 4 is 22.6 Å². The fourth-order valence-corrected chi connectivity index (χ4v) is 2.82. The molecule has 0 atom stereocenters. The Balaban J connectivity index is 1.60. The van der Waals surface area contributed by atoms with Gasteiger partial charge in [0.1, 0.15) is 0 Å². The van der Waals surface area contributed by atoms with E-state index in [1.54, 1.807) is 55.6 Å². The number of hydrogen-bond donors (Lipinski definition) is 3. The largest absolute Gasteiger partial charge is 0.355 e. The number of aryl methyl sites for hydroxylation is 1. The molecule has 0 radical (unpaired) electrons. The molecule has 0 fully saturated rings. The van der Waals surface area contributed by atoms with E-state index in [-0.39, 0.29) is 35.9 Å². The minimum Gasteiger partial charge on any atom is -0.355 e. The van der Waals surface area contributed by atoms with Crippen molar-refractivity contribution in [1.82, 2.24) is 20.4 Å². The first-order valence-electron chi connectivity index (χ1n) is 8.79. The summed E-state index contributed by atoms with van der Waals surface area (Å²) in [6.07, 6.45) is 0.0461. The van der Waals surface area contributed by atoms with Gasteiger partial charge >= 0.3 is 0 Å². The van der Waals surface area contributed by atoms with Gasteiger partial charge in [-0.2, -0.15) is 0 Å². The lowest BCUT2D eigenvalue weighted by atomic mass is 10.1. The van der Waals surface area contributed by atoms with Crippen LogP contribution in [-0.4, -0.2) is 28.6 Å². The number of nitrogens with zero attached hydrogens (tertiary/aromatic N) is 1. The lowest BCUT2D eigenvalue weighted by Gasteiger charge is -2.08. The molecule has 3 aromatic rings. The lowest BCUT2D eigenvalue weighted by molar-refractivity contribution is -0.121. The summed E-state index contributed by atoms with van der Waals surface area (Å²) in [4.78, 5) is 48.1. The number of hydrogen-bond acceptors (Lipinski definition) is 4. The molecule has 28 heavy (non-hydrogen) atoms. The smallest absolute Gasteiger partial charge is 0.273 e. The molecule has 0 aliphatic heterocycles. The molecule has 0 saturated carbocycles. The minimum atomic E-state index is -0.369. The van der Waals surface area contributed by atoms with Crippen molar-refractivity contribution < 1.29 is 9.59 Å². The zero-order chi connectivity index (χ0) is 20.1. The summed E-state index contributed by atoms with van der Waals surface area (Å²) >= 11 is 0. The third-order valence-electron chi connectivity index (χ3n) is 4.38. The van der Waals surface area contributed by atoms with Crippen molar-refractivity contribution in [2.45, 2.75) is 19.5 Å². The monoisotopic (exact) mass is 380 g/mol. The molecule has 8 heteroatoms. The second kappa shape index (κ2) is 8.34. The first-order valence-corrected chi connectivity index (χ1v) is 8.79. The normalized spacial score (nSPS) is 10.6. The van der Waals surface area contributed by atoms with E-state index in [1.807, 2.05) is 0 Å². The van der Waals surface area contributed by atoms with E-state index in [2.05, 4.69) is 15.7 Å². The number of nitrogens with one attached hydrogen (secondary N) is 3. The molecule has 3 N–H and O–H groups in total. The molecule has 0 bridgehead atoms. The average Bonchev–Trinajstić information content (AvgIpc) is 2.73. The van der Waals surface area contributed by atoms with Gasteiger partial charge in [-0.25, -0.2) is 4.68 Å². The third kappa shape index (κ3) is 4.17. The predicted octanol–water partition coefficient (Wildman–Crippen LogP) is 0.756. The van der Waals surface area contributed by atoms with Crippen LogP contribution < -0.4 is 21.8 Å². The Labute approximate surface area is 160 Å². The first kappa shape index (κ1) is 19.1. The molecule has 0 unspecified atom stereocenters. The van der Waals surface area contributed by atoms with Crippen LogP contribution in [0.1, 0.15) is 22.3 Å². The van der Waals surface area contributed by atoms with Gasteiger partial charge < -0.3 is 10.6 Å². The minimum absolute atomic E-state index is 0.0461. The van der Waals surface area contributed by atoms with Crippen LogP contribution in [0.4, 0.5) is 0 Å². The van der Waals surface area contributed by atoms with Crippen molar-refractivity contribution in [1.29, 1.82) is 0 Å². The van der Waals surface area contributed by atoms with Gasteiger partial charge in [-0.3, -0.25) is 24.3 Å². The van der Waals surface area contributed by atoms with Gasteiger partial charge in [-0.15, -0.1) is 0 Å². The maximum Gasteiger partial charge on any atom is 0.273 e. The Bertz CT molecular complexity index is 1130. The Morgan fingerprint density at radius 2 is 1.68 bits per heavy atom. The quantitative estimate of drug-likeness (QED) is 0.586. The van der Waals surface area contributed by atoms with Crippen LogP contribution in [-0.2, 0) is 17.9 Å². The molecule has 8 nitrogen and oxygen atoms in total. The van der Waals surface area contributed by atoms with Gasteiger partial charge in [0, 0.05) is 25.6 Å². The molecule has 0 saturated heterocycles. The van der Waals surface area contributed by atoms with Crippen molar-refractivity contribution in [3.63, 3.8) is 0 Å². The van der Waals surface area contributed by atoms with Crippen molar-refractivity contribution in [2.75, 3.05) is 7.05 Å². The van der Waals surface area contributed by atoms with Gasteiger partial charge in [0.25, 0.3) is 17.0 Å². The highest BCUT2D eigenvalue weighted by atomic mass is 16.2. The number of carbonyl (C=O) groups is 2. The highest BCUT2D eigenvalue weighted by Crippen LogP contribution is 2.05. The van der Waals surface area contributed by atoms with Gasteiger partial charge in [0.05, 0.1) is 17.3 Å². The second-order valence-corrected chi connectivity index (χ2v) is 6.25. The molecule has 0 aliphatic carbocycles. The van der Waals surface area contributed by atoms with Crippen molar-refractivity contribution in [3.8, 4) is 0 Å². The predicted molar refractivity (Wildman–Crippen MR) is 105 cm³/mol. The topological polar surface area (TPSA) is 113 Å². The molecule has 2 amide bonds. The first-order chi connectivity index (χ1) is 13.5. The Morgan fingerprint density at radius 3 is 2.36 bits per heavy atom. The van der Waals surface area contributed by atoms with E-state index in [1.165, 1.54) is 0 Å². The number of benzene rings is 2. The standard InChI is InChI=1S/C20H20N4O4/c1-21-18(26)14-8-6-13(7-9-14)12-22-17(25)10-11-24-20(28)16-5-3-2-4-15(16)19(27)23-24/h2-9H,10-12H2,1H3,(H,21,26)(H,22,25)(H,23,27). The van der Waals surface area contributed by atoms with Gasteiger partial charge in [0.15, 0.2) is 0 Å². The fraction of sp³-hybridized carbons (Fsp3) is 0.200.